The van der Waals surface area contributed by atoms with Crippen molar-refractivity contribution in [1.82, 2.24) is 31.7 Å². The fraction of sp³-hybridized carbons (Fsp3) is 1.00. The number of methoxy groups -OCH3 is 2. The molecule has 0 spiro atoms. The number of hydrogen-bond acceptors (Lipinski definition) is 13. The van der Waals surface area contributed by atoms with E-state index in [1.165, 1.54) is 25.6 Å². The van der Waals surface area contributed by atoms with Crippen LogP contribution in [0, 0.1) is 16.0 Å². The van der Waals surface area contributed by atoms with Crippen molar-refractivity contribution in [3.05, 3.63) is 10.1 Å². The Bertz CT molecular complexity index is 1160. The van der Waals surface area contributed by atoms with Crippen LogP contribution in [0.15, 0.2) is 0 Å². The van der Waals surface area contributed by atoms with E-state index in [0.717, 1.165) is 25.9 Å². The van der Waals surface area contributed by atoms with Crippen LogP contribution in [0.5, 0.6) is 0 Å². The zero-order chi connectivity index (χ0) is 33.4. The quantitative estimate of drug-likeness (QED) is 0.157. The fourth-order valence-electron chi connectivity index (χ4n) is 8.17. The lowest BCUT2D eigenvalue weighted by Crippen LogP contribution is -2.74. The summed E-state index contributed by atoms with van der Waals surface area (Å²) in [5.74, 6) is -1.01. The molecule has 5 aliphatic rings. The van der Waals surface area contributed by atoms with Gasteiger partial charge < -0.3 is 9.47 Å². The second kappa shape index (κ2) is 15.0. The minimum atomic E-state index is -4.00. The topological polar surface area (TPSA) is 159 Å². The Balaban J connectivity index is 1.26. The SMILES string of the molecule is COC1CCN(C2NC(SC3CCC(S(=O)(=O)C(C)(C)C4CCCC([N+](=O)[O-])C4F)CC3F)NC(NC3CC(C)NN3)C2OC)C1. The molecule has 0 radical (unpaired) electrons. The number of hydrogen-bond donors (Lipinski definition) is 5. The molecule has 3 heterocycles. The molecule has 3 aliphatic heterocycles. The number of nitro groups is 1. The summed E-state index contributed by atoms with van der Waals surface area (Å²) in [5.41, 5.74) is 6.17. The van der Waals surface area contributed by atoms with Crippen molar-refractivity contribution in [2.24, 2.45) is 5.92 Å². The lowest BCUT2D eigenvalue weighted by atomic mass is 9.77. The van der Waals surface area contributed by atoms with E-state index in [2.05, 4.69) is 38.6 Å². The Morgan fingerprint density at radius 1 is 1.04 bits per heavy atom. The van der Waals surface area contributed by atoms with Crippen molar-refractivity contribution < 1.29 is 31.6 Å². The smallest absolute Gasteiger partial charge is 0.244 e. The summed E-state index contributed by atoms with van der Waals surface area (Å²) in [6.45, 7) is 6.60. The largest absolute Gasteiger partial charge is 0.380 e. The highest BCUT2D eigenvalue weighted by atomic mass is 32.2. The van der Waals surface area contributed by atoms with Crippen LogP contribution in [0.3, 0.4) is 0 Å². The van der Waals surface area contributed by atoms with E-state index in [4.69, 9.17) is 9.47 Å². The van der Waals surface area contributed by atoms with Crippen LogP contribution in [0.2, 0.25) is 0 Å². The first-order valence-corrected chi connectivity index (χ1v) is 19.1. The van der Waals surface area contributed by atoms with E-state index in [1.807, 2.05) is 0 Å². The minimum absolute atomic E-state index is 0.00601. The van der Waals surface area contributed by atoms with Crippen molar-refractivity contribution in [2.45, 2.75) is 148 Å². The van der Waals surface area contributed by atoms with Gasteiger partial charge in [-0.3, -0.25) is 36.4 Å². The summed E-state index contributed by atoms with van der Waals surface area (Å²) in [6, 6.07) is -1.11. The molecule has 5 rings (SSSR count). The Morgan fingerprint density at radius 3 is 2.41 bits per heavy atom. The molecule has 3 saturated heterocycles. The van der Waals surface area contributed by atoms with Gasteiger partial charge in [0.1, 0.15) is 17.8 Å². The molecule has 5 N–H and O–H groups in total. The average molecular weight is 698 g/mol. The first kappa shape index (κ1) is 36.5. The standard InChI is InChI=1S/C29H53F2N7O6S2/c1-16-13-23(36-35-16)32-26-25(44-5)27(37-12-11-17(15-37)43-4)34-28(33-26)45-22-10-9-18(14-20(22)30)46(41,42)29(2,3)19-7-6-8-21(24(19)31)38(39)40/h16-28,32-36H,6-15H2,1-5H3. The van der Waals surface area contributed by atoms with Crippen LogP contribution in [-0.4, -0.2) is 121 Å². The normalized spacial score (nSPS) is 43.2. The Hall–Kier alpha value is -0.760. The third-order valence-corrected chi connectivity index (χ3v) is 15.5. The summed E-state index contributed by atoms with van der Waals surface area (Å²) < 4.78 is 69.3. The third kappa shape index (κ3) is 7.53. The Kier molecular flexibility index (Phi) is 11.9. The van der Waals surface area contributed by atoms with Crippen LogP contribution in [0.4, 0.5) is 8.78 Å². The van der Waals surface area contributed by atoms with Gasteiger partial charge in [-0.15, -0.1) is 11.8 Å². The van der Waals surface area contributed by atoms with E-state index in [-0.39, 0.29) is 61.9 Å². The van der Waals surface area contributed by atoms with Gasteiger partial charge in [0.2, 0.25) is 6.04 Å². The van der Waals surface area contributed by atoms with Crippen molar-refractivity contribution in [1.29, 1.82) is 0 Å². The zero-order valence-electron chi connectivity index (χ0n) is 27.5. The molecule has 0 amide bonds. The first-order valence-electron chi connectivity index (χ1n) is 16.7. The van der Waals surface area contributed by atoms with Crippen LogP contribution >= 0.6 is 11.8 Å². The second-order valence-corrected chi connectivity index (χ2v) is 18.4. The number of nitrogens with zero attached hydrogens (tertiary/aromatic N) is 2. The molecule has 2 aliphatic carbocycles. The van der Waals surface area contributed by atoms with Gasteiger partial charge in [-0.25, -0.2) is 22.6 Å². The third-order valence-electron chi connectivity index (χ3n) is 11.0. The molecule has 17 heteroatoms. The van der Waals surface area contributed by atoms with Crippen molar-refractivity contribution >= 4 is 21.6 Å². The predicted octanol–water partition coefficient (Wildman–Crippen LogP) is 1.62. The maximum absolute atomic E-state index is 16.0. The minimum Gasteiger partial charge on any atom is -0.380 e. The molecule has 13 unspecified atom stereocenters. The molecule has 5 fully saturated rings. The summed E-state index contributed by atoms with van der Waals surface area (Å²) in [6.07, 6.45) is -0.888. The van der Waals surface area contributed by atoms with E-state index in [0.29, 0.717) is 18.9 Å². The van der Waals surface area contributed by atoms with Crippen molar-refractivity contribution in [2.75, 3.05) is 27.3 Å². The number of nitrogens with one attached hydrogen (secondary N) is 5. The number of likely N-dealkylation sites (tertiary alicyclic amines) is 1. The zero-order valence-corrected chi connectivity index (χ0v) is 29.1. The molecular weight excluding hydrogens is 644 g/mol. The molecule has 0 aromatic carbocycles. The van der Waals surface area contributed by atoms with Crippen LogP contribution < -0.4 is 26.8 Å². The van der Waals surface area contributed by atoms with Crippen molar-refractivity contribution in [3.63, 3.8) is 0 Å². The summed E-state index contributed by atoms with van der Waals surface area (Å²) in [5, 5.41) is 20.9. The monoisotopic (exact) mass is 697 g/mol. The van der Waals surface area contributed by atoms with Gasteiger partial charge >= 0.3 is 0 Å². The molecule has 0 aromatic heterocycles. The van der Waals surface area contributed by atoms with Gasteiger partial charge in [0, 0.05) is 55.9 Å². The second-order valence-electron chi connectivity index (χ2n) is 14.2. The summed E-state index contributed by atoms with van der Waals surface area (Å²) in [7, 11) is -0.595. The fourth-order valence-corrected chi connectivity index (χ4v) is 11.9. The molecule has 46 heavy (non-hydrogen) atoms. The highest BCUT2D eigenvalue weighted by Gasteiger charge is 2.55. The first-order chi connectivity index (χ1) is 21.8. The summed E-state index contributed by atoms with van der Waals surface area (Å²) in [4.78, 5) is 13.1. The number of rotatable bonds is 11. The van der Waals surface area contributed by atoms with Crippen LogP contribution in [-0.2, 0) is 19.3 Å². The lowest BCUT2D eigenvalue weighted by Gasteiger charge is -2.48. The Labute approximate surface area is 275 Å². The van der Waals surface area contributed by atoms with Gasteiger partial charge in [-0.1, -0.05) is 0 Å². The maximum Gasteiger partial charge on any atom is 0.244 e. The number of sulfone groups is 1. The van der Waals surface area contributed by atoms with Crippen molar-refractivity contribution in [3.8, 4) is 0 Å². The lowest BCUT2D eigenvalue weighted by molar-refractivity contribution is -0.536. The van der Waals surface area contributed by atoms with E-state index >= 15 is 8.78 Å². The van der Waals surface area contributed by atoms with Gasteiger partial charge in [-0.2, -0.15) is 0 Å². The van der Waals surface area contributed by atoms with Crippen LogP contribution in [0.1, 0.15) is 72.1 Å². The van der Waals surface area contributed by atoms with E-state index < -0.39 is 54.3 Å². The molecule has 13 nitrogen and oxygen atoms in total. The maximum atomic E-state index is 16.0. The van der Waals surface area contributed by atoms with Gasteiger partial charge in [0.15, 0.2) is 16.0 Å². The number of ether oxygens (including phenoxy) is 2. The number of hydrazine groups is 1. The van der Waals surface area contributed by atoms with Gasteiger partial charge in [0.05, 0.1) is 34.6 Å². The highest BCUT2D eigenvalue weighted by Crippen LogP contribution is 2.45. The molecule has 0 bridgehead atoms. The van der Waals surface area contributed by atoms with Crippen LogP contribution in [0.25, 0.3) is 0 Å². The number of thioether (sulfide) groups is 1. The predicted molar refractivity (Wildman–Crippen MR) is 173 cm³/mol. The summed E-state index contributed by atoms with van der Waals surface area (Å²) >= 11 is 1.43. The molecule has 13 atom stereocenters. The average Bonchev–Trinajstić information content (AvgIpc) is 3.66. The molecule has 266 valence electrons. The van der Waals surface area contributed by atoms with Gasteiger partial charge in [-0.05, 0) is 65.7 Å². The highest BCUT2D eigenvalue weighted by molar-refractivity contribution is 8.00. The molecule has 0 aromatic rings. The molecule has 2 saturated carbocycles. The molecular formula is C29H53F2N7O6S2. The Morgan fingerprint density at radius 2 is 1.80 bits per heavy atom. The van der Waals surface area contributed by atoms with E-state index in [9.17, 15) is 18.5 Å². The van der Waals surface area contributed by atoms with E-state index in [1.54, 1.807) is 14.2 Å². The number of alkyl halides is 2. The number of halogens is 2. The van der Waals surface area contributed by atoms with Gasteiger partial charge in [0.25, 0.3) is 0 Å².